The number of aromatic nitrogens is 2. The van der Waals surface area contributed by atoms with Crippen molar-refractivity contribution in [3.8, 4) is 11.9 Å². The summed E-state index contributed by atoms with van der Waals surface area (Å²) in [6.45, 7) is 3.09. The van der Waals surface area contributed by atoms with Crippen LogP contribution in [0.3, 0.4) is 0 Å². The first kappa shape index (κ1) is 20.5. The van der Waals surface area contributed by atoms with E-state index in [0.717, 1.165) is 23.6 Å². The van der Waals surface area contributed by atoms with Crippen molar-refractivity contribution < 1.29 is 17.9 Å². The first-order valence-corrected chi connectivity index (χ1v) is 9.02. The fourth-order valence-corrected chi connectivity index (χ4v) is 3.46. The second-order valence-electron chi connectivity index (χ2n) is 6.76. The summed E-state index contributed by atoms with van der Waals surface area (Å²) in [6.07, 6.45) is 2.71. The van der Waals surface area contributed by atoms with Gasteiger partial charge >= 0.3 is 6.18 Å². The van der Waals surface area contributed by atoms with Crippen LogP contribution in [-0.2, 0) is 6.18 Å². The van der Waals surface area contributed by atoms with Crippen molar-refractivity contribution in [1.29, 1.82) is 5.26 Å². The normalized spacial score (nSPS) is 16.9. The number of halogens is 3. The van der Waals surface area contributed by atoms with Gasteiger partial charge in [-0.25, -0.2) is 4.52 Å². The second kappa shape index (κ2) is 8.03. The van der Waals surface area contributed by atoms with Crippen LogP contribution in [0.15, 0.2) is 29.7 Å². The van der Waals surface area contributed by atoms with E-state index < -0.39 is 11.7 Å². The number of alkyl halides is 3. The molecule has 29 heavy (non-hydrogen) atoms. The summed E-state index contributed by atoms with van der Waals surface area (Å²) in [6, 6.07) is 1.56. The standard InChI is InChI=1S/C19H21F3N6O/c1-12(26-14-3-5-27(11-24)6-4-14)15(8-23)13-7-17(29-2)18-16(19(20,21)22)9-25-28(18)10-13/h7-10,14H,3-6,23H2,1-2H3/b15-8+,26-12?. The molecule has 0 aliphatic carbocycles. The van der Waals surface area contributed by atoms with Crippen LogP contribution in [0.1, 0.15) is 30.9 Å². The molecule has 2 N–H and O–H groups in total. The van der Waals surface area contributed by atoms with Crippen LogP contribution >= 0.6 is 0 Å². The number of rotatable bonds is 4. The highest BCUT2D eigenvalue weighted by Gasteiger charge is 2.36. The van der Waals surface area contributed by atoms with E-state index >= 15 is 0 Å². The van der Waals surface area contributed by atoms with E-state index in [1.165, 1.54) is 25.6 Å². The average molecular weight is 406 g/mol. The Balaban J connectivity index is 1.96. The molecule has 10 heteroatoms. The molecule has 0 radical (unpaired) electrons. The number of allylic oxidation sites excluding steroid dienone is 1. The molecule has 0 atom stereocenters. The molecule has 0 spiro atoms. The molecule has 1 aliphatic heterocycles. The first-order valence-electron chi connectivity index (χ1n) is 9.02. The maximum Gasteiger partial charge on any atom is 0.420 e. The number of nitrogens with zero attached hydrogens (tertiary/aromatic N) is 5. The van der Waals surface area contributed by atoms with Gasteiger partial charge in [0.25, 0.3) is 0 Å². The maximum absolute atomic E-state index is 13.3. The van der Waals surface area contributed by atoms with E-state index in [1.807, 2.05) is 0 Å². The molecule has 1 aliphatic rings. The Labute approximate surface area is 165 Å². The number of pyridine rings is 1. The van der Waals surface area contributed by atoms with E-state index in [1.54, 1.807) is 11.8 Å². The van der Waals surface area contributed by atoms with Crippen molar-refractivity contribution >= 4 is 16.8 Å². The maximum atomic E-state index is 13.3. The fourth-order valence-electron chi connectivity index (χ4n) is 3.46. The quantitative estimate of drug-likeness (QED) is 0.622. The molecule has 7 nitrogen and oxygen atoms in total. The lowest BCUT2D eigenvalue weighted by molar-refractivity contribution is -0.136. The van der Waals surface area contributed by atoms with Gasteiger partial charge in [-0.15, -0.1) is 0 Å². The van der Waals surface area contributed by atoms with Gasteiger partial charge in [0.2, 0.25) is 0 Å². The van der Waals surface area contributed by atoms with Gasteiger partial charge in [0.05, 0.1) is 19.3 Å². The Morgan fingerprint density at radius 1 is 1.41 bits per heavy atom. The number of fused-ring (bicyclic) bond motifs is 1. The van der Waals surface area contributed by atoms with Crippen molar-refractivity contribution in [2.45, 2.75) is 32.0 Å². The van der Waals surface area contributed by atoms with Crippen LogP contribution < -0.4 is 10.5 Å². The monoisotopic (exact) mass is 406 g/mol. The highest BCUT2D eigenvalue weighted by molar-refractivity contribution is 6.22. The molecule has 154 valence electrons. The molecule has 0 bridgehead atoms. The van der Waals surface area contributed by atoms with E-state index in [-0.39, 0.29) is 17.3 Å². The molecular weight excluding hydrogens is 385 g/mol. The van der Waals surface area contributed by atoms with Gasteiger partial charge in [-0.2, -0.15) is 23.5 Å². The molecule has 3 heterocycles. The highest BCUT2D eigenvalue weighted by atomic mass is 19.4. The highest BCUT2D eigenvalue weighted by Crippen LogP contribution is 2.37. The largest absolute Gasteiger partial charge is 0.494 e. The van der Waals surface area contributed by atoms with Gasteiger partial charge in [-0.3, -0.25) is 4.99 Å². The lowest BCUT2D eigenvalue weighted by atomic mass is 10.0. The second-order valence-corrected chi connectivity index (χ2v) is 6.76. The molecule has 0 unspecified atom stereocenters. The van der Waals surface area contributed by atoms with Crippen LogP contribution in [0.25, 0.3) is 11.1 Å². The van der Waals surface area contributed by atoms with Gasteiger partial charge in [0.15, 0.2) is 6.19 Å². The van der Waals surface area contributed by atoms with Gasteiger partial charge in [-0.05, 0) is 25.8 Å². The van der Waals surface area contributed by atoms with Crippen LogP contribution in [0.2, 0.25) is 0 Å². The van der Waals surface area contributed by atoms with Gasteiger partial charge < -0.3 is 15.4 Å². The summed E-state index contributed by atoms with van der Waals surface area (Å²) in [5.74, 6) is 0.0433. The summed E-state index contributed by atoms with van der Waals surface area (Å²) in [5.41, 5.74) is 6.58. The SMILES string of the molecule is COc1cc(/C(=C/N)C(C)=NC2CCN(C#N)CC2)cn2ncc(C(F)(F)F)c12. The van der Waals surface area contributed by atoms with Gasteiger partial charge in [0, 0.05) is 42.3 Å². The number of ether oxygens (including phenoxy) is 1. The molecule has 2 aromatic heterocycles. The smallest absolute Gasteiger partial charge is 0.420 e. The Hall–Kier alpha value is -3.22. The predicted molar refractivity (Wildman–Crippen MR) is 102 cm³/mol. The Bertz CT molecular complexity index is 994. The van der Waals surface area contributed by atoms with Crippen molar-refractivity contribution in [2.75, 3.05) is 20.2 Å². The zero-order valence-corrected chi connectivity index (χ0v) is 16.1. The minimum atomic E-state index is -4.54. The van der Waals surface area contributed by atoms with Crippen molar-refractivity contribution in [1.82, 2.24) is 14.5 Å². The number of hydrogen-bond acceptors (Lipinski definition) is 6. The third-order valence-corrected chi connectivity index (χ3v) is 4.95. The molecule has 1 saturated heterocycles. The van der Waals surface area contributed by atoms with Gasteiger partial charge in [0.1, 0.15) is 16.8 Å². The van der Waals surface area contributed by atoms with Gasteiger partial charge in [-0.1, -0.05) is 0 Å². The zero-order chi connectivity index (χ0) is 21.2. The van der Waals surface area contributed by atoms with E-state index in [9.17, 15) is 13.2 Å². The van der Waals surface area contributed by atoms with Crippen molar-refractivity contribution in [3.63, 3.8) is 0 Å². The zero-order valence-electron chi connectivity index (χ0n) is 16.1. The number of nitrogens with two attached hydrogens (primary N) is 1. The minimum absolute atomic E-state index is 0.0433. The summed E-state index contributed by atoms with van der Waals surface area (Å²) in [5, 5.41) is 12.8. The minimum Gasteiger partial charge on any atom is -0.494 e. The Kier molecular flexibility index (Phi) is 5.68. The molecule has 3 rings (SSSR count). The molecule has 2 aromatic rings. The van der Waals surface area contributed by atoms with Crippen LogP contribution in [0, 0.1) is 11.5 Å². The van der Waals surface area contributed by atoms with E-state index in [2.05, 4.69) is 11.3 Å². The average Bonchev–Trinajstić information content (AvgIpc) is 3.13. The number of hydrogen-bond donors (Lipinski definition) is 1. The predicted octanol–water partition coefficient (Wildman–Crippen LogP) is 3.07. The Morgan fingerprint density at radius 3 is 2.66 bits per heavy atom. The van der Waals surface area contributed by atoms with Crippen LogP contribution in [-0.4, -0.2) is 46.5 Å². The Morgan fingerprint density at radius 2 is 2.10 bits per heavy atom. The lowest BCUT2D eigenvalue weighted by Gasteiger charge is -2.26. The van der Waals surface area contributed by atoms with Crippen molar-refractivity contribution in [3.05, 3.63) is 35.8 Å². The third-order valence-electron chi connectivity index (χ3n) is 4.95. The number of aliphatic imine (C=N–C) groups is 1. The van der Waals surface area contributed by atoms with Crippen LogP contribution in [0.4, 0.5) is 13.2 Å². The number of nitriles is 1. The van der Waals surface area contributed by atoms with Crippen LogP contribution in [0.5, 0.6) is 5.75 Å². The summed E-state index contributed by atoms with van der Waals surface area (Å²) in [4.78, 5) is 6.40. The summed E-state index contributed by atoms with van der Waals surface area (Å²) < 4.78 is 46.1. The molecule has 1 fully saturated rings. The number of likely N-dealkylation sites (tertiary alicyclic amines) is 1. The molecule has 0 amide bonds. The van der Waals surface area contributed by atoms with Crippen molar-refractivity contribution in [2.24, 2.45) is 10.7 Å². The molecule has 0 saturated carbocycles. The topological polar surface area (TPSA) is 91.9 Å². The molecular formula is C19H21F3N6O. The summed E-state index contributed by atoms with van der Waals surface area (Å²) in [7, 11) is 1.31. The lowest BCUT2D eigenvalue weighted by Crippen LogP contribution is -2.32. The summed E-state index contributed by atoms with van der Waals surface area (Å²) >= 11 is 0. The van der Waals surface area contributed by atoms with E-state index in [4.69, 9.17) is 20.7 Å². The van der Waals surface area contributed by atoms with E-state index in [0.29, 0.717) is 29.9 Å². The molecule has 0 aromatic carbocycles. The third kappa shape index (κ3) is 4.13. The first-order chi connectivity index (χ1) is 13.8. The number of methoxy groups -OCH3 is 1. The fraction of sp³-hybridized carbons (Fsp3) is 0.421. The number of piperidine rings is 1.